The summed E-state index contributed by atoms with van der Waals surface area (Å²) >= 11 is 2.22. The second kappa shape index (κ2) is 3.69. The minimum Gasteiger partial charge on any atom is -0.298 e. The van der Waals surface area contributed by atoms with Crippen molar-refractivity contribution in [3.63, 3.8) is 0 Å². The van der Waals surface area contributed by atoms with Gasteiger partial charge in [-0.1, -0.05) is 30.3 Å². The van der Waals surface area contributed by atoms with Crippen molar-refractivity contribution in [1.29, 1.82) is 0 Å². The van der Waals surface area contributed by atoms with Crippen molar-refractivity contribution in [3.8, 4) is 0 Å². The molecule has 14 heavy (non-hydrogen) atoms. The van der Waals surface area contributed by atoms with E-state index in [4.69, 9.17) is 0 Å². The normalized spacial score (nSPS) is 10.4. The molecule has 70 valence electrons. The fourth-order valence-electron chi connectivity index (χ4n) is 1.61. The van der Waals surface area contributed by atoms with E-state index >= 15 is 0 Å². The number of fused-ring (bicyclic) bond motifs is 1. The first-order valence-electron chi connectivity index (χ1n) is 4.37. The average molecular weight is 296 g/mol. The van der Waals surface area contributed by atoms with Crippen LogP contribution < -0.4 is 0 Å². The summed E-state index contributed by atoms with van der Waals surface area (Å²) in [4.78, 5) is 11.0. The van der Waals surface area contributed by atoms with Gasteiger partial charge in [-0.3, -0.25) is 4.79 Å². The summed E-state index contributed by atoms with van der Waals surface area (Å²) in [6.45, 7) is 2.03. The van der Waals surface area contributed by atoms with E-state index in [0.717, 1.165) is 31.8 Å². The lowest BCUT2D eigenvalue weighted by Gasteiger charge is -2.06. The topological polar surface area (TPSA) is 17.1 Å². The molecule has 0 saturated carbocycles. The second-order valence-corrected chi connectivity index (χ2v) is 4.34. The van der Waals surface area contributed by atoms with Crippen molar-refractivity contribution in [1.82, 2.24) is 0 Å². The molecule has 0 spiro atoms. The van der Waals surface area contributed by atoms with Crippen molar-refractivity contribution in [3.05, 3.63) is 45.0 Å². The van der Waals surface area contributed by atoms with Gasteiger partial charge in [0.15, 0.2) is 6.29 Å². The van der Waals surface area contributed by atoms with Gasteiger partial charge in [0, 0.05) is 9.13 Å². The number of halogens is 1. The lowest BCUT2D eigenvalue weighted by Crippen LogP contribution is -1.92. The van der Waals surface area contributed by atoms with Crippen molar-refractivity contribution in [2.45, 2.75) is 6.92 Å². The predicted octanol–water partition coefficient (Wildman–Crippen LogP) is 3.57. The smallest absolute Gasteiger partial charge is 0.151 e. The monoisotopic (exact) mass is 296 g/mol. The zero-order chi connectivity index (χ0) is 10.1. The molecule has 0 aliphatic carbocycles. The maximum absolute atomic E-state index is 11.0. The van der Waals surface area contributed by atoms with Crippen LogP contribution in [-0.4, -0.2) is 6.29 Å². The molecule has 0 bridgehead atoms. The summed E-state index contributed by atoms with van der Waals surface area (Å²) in [5, 5.41) is 2.17. The van der Waals surface area contributed by atoms with Crippen LogP contribution in [0.4, 0.5) is 0 Å². The van der Waals surface area contributed by atoms with Crippen molar-refractivity contribution in [2.75, 3.05) is 0 Å². The largest absolute Gasteiger partial charge is 0.298 e. The molecular weight excluding hydrogens is 287 g/mol. The Morgan fingerprint density at radius 2 is 2.00 bits per heavy atom. The van der Waals surface area contributed by atoms with Gasteiger partial charge in [-0.25, -0.2) is 0 Å². The Labute approximate surface area is 96.3 Å². The fraction of sp³-hybridized carbons (Fsp3) is 0.0833. The molecule has 0 amide bonds. The maximum atomic E-state index is 11.0. The van der Waals surface area contributed by atoms with Crippen LogP contribution in [0.25, 0.3) is 10.8 Å². The number of benzene rings is 2. The van der Waals surface area contributed by atoms with Crippen LogP contribution in [0.15, 0.2) is 30.3 Å². The lowest BCUT2D eigenvalue weighted by atomic mass is 10.0. The summed E-state index contributed by atoms with van der Waals surface area (Å²) in [6, 6.07) is 10.1. The molecule has 0 N–H and O–H groups in total. The molecular formula is C12H9IO. The Kier molecular flexibility index (Phi) is 2.54. The maximum Gasteiger partial charge on any atom is 0.151 e. The Hall–Kier alpha value is -0.900. The first kappa shape index (κ1) is 9.65. The number of carbonyl (C=O) groups is 1. The Bertz CT molecular complexity index is 503. The van der Waals surface area contributed by atoms with Crippen molar-refractivity contribution >= 4 is 39.6 Å². The molecule has 0 heterocycles. The summed E-state index contributed by atoms with van der Waals surface area (Å²) in [5.41, 5.74) is 1.97. The minimum atomic E-state index is 0.807. The van der Waals surface area contributed by atoms with Crippen LogP contribution in [0.5, 0.6) is 0 Å². The molecule has 0 fully saturated rings. The highest BCUT2D eigenvalue weighted by Gasteiger charge is 2.06. The molecule has 2 heteroatoms. The SMILES string of the molecule is Cc1cc2ccccc2c(C=O)c1I. The molecule has 2 aromatic rings. The Morgan fingerprint density at radius 3 is 2.71 bits per heavy atom. The van der Waals surface area contributed by atoms with E-state index in [2.05, 4.69) is 28.7 Å². The number of hydrogen-bond donors (Lipinski definition) is 0. The number of aryl methyl sites for hydroxylation is 1. The number of aldehydes is 1. The van der Waals surface area contributed by atoms with Gasteiger partial charge in [0.1, 0.15) is 0 Å². The highest BCUT2D eigenvalue weighted by Crippen LogP contribution is 2.25. The van der Waals surface area contributed by atoms with E-state index in [-0.39, 0.29) is 0 Å². The first-order valence-corrected chi connectivity index (χ1v) is 5.45. The summed E-state index contributed by atoms with van der Waals surface area (Å²) in [6.07, 6.45) is 0.942. The van der Waals surface area contributed by atoms with Gasteiger partial charge in [0.25, 0.3) is 0 Å². The molecule has 0 radical (unpaired) electrons. The molecule has 1 nitrogen and oxygen atoms in total. The van der Waals surface area contributed by atoms with Crippen molar-refractivity contribution in [2.24, 2.45) is 0 Å². The van der Waals surface area contributed by atoms with E-state index in [0.29, 0.717) is 0 Å². The third kappa shape index (κ3) is 1.43. The summed E-state index contributed by atoms with van der Waals surface area (Å²) < 4.78 is 1.05. The molecule has 0 aromatic heterocycles. The van der Waals surface area contributed by atoms with Crippen LogP contribution >= 0.6 is 22.6 Å². The van der Waals surface area contributed by atoms with E-state index < -0.39 is 0 Å². The van der Waals surface area contributed by atoms with Crippen LogP contribution in [0.2, 0.25) is 0 Å². The molecule has 0 saturated heterocycles. The second-order valence-electron chi connectivity index (χ2n) is 3.26. The third-order valence-corrected chi connectivity index (χ3v) is 3.76. The summed E-state index contributed by atoms with van der Waals surface area (Å²) in [7, 11) is 0. The van der Waals surface area contributed by atoms with Gasteiger partial charge >= 0.3 is 0 Å². The first-order chi connectivity index (χ1) is 6.74. The Balaban J connectivity index is 2.96. The zero-order valence-corrected chi connectivity index (χ0v) is 9.91. The Morgan fingerprint density at radius 1 is 1.29 bits per heavy atom. The highest BCUT2D eigenvalue weighted by atomic mass is 127. The number of hydrogen-bond acceptors (Lipinski definition) is 1. The fourth-order valence-corrected chi connectivity index (χ4v) is 2.18. The van der Waals surface area contributed by atoms with Crippen LogP contribution in [0.3, 0.4) is 0 Å². The van der Waals surface area contributed by atoms with Gasteiger partial charge in [-0.05, 0) is 45.9 Å². The van der Waals surface area contributed by atoms with Crippen LogP contribution in [-0.2, 0) is 0 Å². The molecule has 0 aliphatic heterocycles. The van der Waals surface area contributed by atoms with Gasteiger partial charge in [0.05, 0.1) is 0 Å². The molecule has 2 aromatic carbocycles. The van der Waals surface area contributed by atoms with Crippen LogP contribution in [0, 0.1) is 10.5 Å². The minimum absolute atomic E-state index is 0.807. The zero-order valence-electron chi connectivity index (χ0n) is 7.75. The van der Waals surface area contributed by atoms with Gasteiger partial charge in [0.2, 0.25) is 0 Å². The summed E-state index contributed by atoms with van der Waals surface area (Å²) in [5.74, 6) is 0. The van der Waals surface area contributed by atoms with E-state index in [1.54, 1.807) is 0 Å². The van der Waals surface area contributed by atoms with Crippen LogP contribution in [0.1, 0.15) is 15.9 Å². The predicted molar refractivity (Wildman–Crippen MR) is 66.8 cm³/mol. The standard InChI is InChI=1S/C12H9IO/c1-8-6-9-4-2-3-5-10(9)11(7-14)12(8)13/h2-7H,1H3. The number of carbonyl (C=O) groups excluding carboxylic acids is 1. The van der Waals surface area contributed by atoms with E-state index in [9.17, 15) is 4.79 Å². The van der Waals surface area contributed by atoms with Gasteiger partial charge in [-0.2, -0.15) is 0 Å². The van der Waals surface area contributed by atoms with Crippen molar-refractivity contribution < 1.29 is 4.79 Å². The third-order valence-electron chi connectivity index (χ3n) is 2.32. The number of rotatable bonds is 1. The lowest BCUT2D eigenvalue weighted by molar-refractivity contribution is 0.112. The van der Waals surface area contributed by atoms with Gasteiger partial charge in [-0.15, -0.1) is 0 Å². The molecule has 2 rings (SSSR count). The quantitative estimate of drug-likeness (QED) is 0.581. The molecule has 0 aliphatic rings. The van der Waals surface area contributed by atoms with E-state index in [1.165, 1.54) is 0 Å². The molecule has 0 unspecified atom stereocenters. The highest BCUT2D eigenvalue weighted by molar-refractivity contribution is 14.1. The molecule has 0 atom stereocenters. The van der Waals surface area contributed by atoms with Gasteiger partial charge < -0.3 is 0 Å². The van der Waals surface area contributed by atoms with E-state index in [1.807, 2.05) is 31.2 Å². The average Bonchev–Trinajstić information content (AvgIpc) is 2.20.